The molecule has 18 heavy (non-hydrogen) atoms. The molecule has 2 unspecified atom stereocenters. The Morgan fingerprint density at radius 1 is 1.22 bits per heavy atom. The van der Waals surface area contributed by atoms with E-state index < -0.39 is 0 Å². The first kappa shape index (κ1) is 10.9. The summed E-state index contributed by atoms with van der Waals surface area (Å²) < 4.78 is 1.99. The number of hydrogen-bond acceptors (Lipinski definition) is 5. The molecule has 1 aliphatic heterocycles. The highest BCUT2D eigenvalue weighted by Crippen LogP contribution is 2.40. The predicted octanol–water partition coefficient (Wildman–Crippen LogP) is 1.92. The van der Waals surface area contributed by atoms with Gasteiger partial charge in [0.15, 0.2) is 5.82 Å². The highest BCUT2D eigenvalue weighted by Gasteiger charge is 2.31. The molecule has 2 atom stereocenters. The Bertz CT molecular complexity index is 570. The van der Waals surface area contributed by atoms with Crippen LogP contribution < -0.4 is 5.32 Å². The average Bonchev–Trinajstić information content (AvgIpc) is 2.99. The summed E-state index contributed by atoms with van der Waals surface area (Å²) in [7, 11) is 0. The van der Waals surface area contributed by atoms with Crippen molar-refractivity contribution in [1.29, 1.82) is 0 Å². The quantitative estimate of drug-likeness (QED) is 0.899. The van der Waals surface area contributed by atoms with Gasteiger partial charge in [-0.05, 0) is 39.2 Å². The zero-order valence-corrected chi connectivity index (χ0v) is 11.3. The van der Waals surface area contributed by atoms with Gasteiger partial charge < -0.3 is 5.32 Å². The number of nitrogens with zero attached hydrogens (tertiary/aromatic N) is 4. The lowest BCUT2D eigenvalue weighted by atomic mass is 9.94. The van der Waals surface area contributed by atoms with Crippen molar-refractivity contribution in [2.24, 2.45) is 0 Å². The zero-order chi connectivity index (χ0) is 12.1. The molecule has 6 heteroatoms. The average molecular weight is 263 g/mol. The van der Waals surface area contributed by atoms with Crippen molar-refractivity contribution in [3.63, 3.8) is 0 Å². The maximum atomic E-state index is 4.77. The van der Waals surface area contributed by atoms with Crippen LogP contribution in [-0.2, 0) is 0 Å². The van der Waals surface area contributed by atoms with Crippen molar-refractivity contribution in [2.75, 3.05) is 6.54 Å². The van der Waals surface area contributed by atoms with Crippen molar-refractivity contribution < 1.29 is 0 Å². The van der Waals surface area contributed by atoms with Crippen LogP contribution in [0.1, 0.15) is 55.3 Å². The summed E-state index contributed by atoms with van der Waals surface area (Å²) in [6.45, 7) is 3.35. The molecule has 5 nitrogen and oxygen atoms in total. The molecule has 3 heterocycles. The van der Waals surface area contributed by atoms with E-state index in [1.807, 2.05) is 4.52 Å². The molecule has 1 N–H and O–H groups in total. The topological polar surface area (TPSA) is 55.1 Å². The van der Waals surface area contributed by atoms with Gasteiger partial charge in [0.25, 0.3) is 0 Å². The third-order valence-corrected chi connectivity index (χ3v) is 5.01. The van der Waals surface area contributed by atoms with E-state index >= 15 is 0 Å². The van der Waals surface area contributed by atoms with Crippen molar-refractivity contribution in [3.8, 4) is 0 Å². The van der Waals surface area contributed by atoms with Crippen molar-refractivity contribution in [1.82, 2.24) is 25.1 Å². The summed E-state index contributed by atoms with van der Waals surface area (Å²) in [4.78, 5) is 0.970. The minimum Gasteiger partial charge on any atom is -0.314 e. The zero-order valence-electron chi connectivity index (χ0n) is 10.5. The Morgan fingerprint density at radius 3 is 2.89 bits per heavy atom. The largest absolute Gasteiger partial charge is 0.314 e. The fraction of sp³-hybridized carbons (Fsp3) is 0.750. The summed E-state index contributed by atoms with van der Waals surface area (Å²) in [6.07, 6.45) is 4.87. The van der Waals surface area contributed by atoms with Gasteiger partial charge in [-0.3, -0.25) is 0 Å². The highest BCUT2D eigenvalue weighted by atomic mass is 32.1. The molecule has 2 aromatic rings. The molecule has 0 amide bonds. The van der Waals surface area contributed by atoms with E-state index in [-0.39, 0.29) is 0 Å². The van der Waals surface area contributed by atoms with Crippen molar-refractivity contribution in [3.05, 3.63) is 10.8 Å². The molecule has 2 aromatic heterocycles. The van der Waals surface area contributed by atoms with E-state index in [2.05, 4.69) is 22.4 Å². The molecular formula is C12H17N5S. The fourth-order valence-electron chi connectivity index (χ4n) is 2.76. The van der Waals surface area contributed by atoms with Crippen LogP contribution in [-0.4, -0.2) is 32.4 Å². The Hall–Kier alpha value is -1.01. The third-order valence-electron chi connectivity index (χ3n) is 3.95. The van der Waals surface area contributed by atoms with Crippen LogP contribution in [0.3, 0.4) is 0 Å². The molecule has 1 aliphatic carbocycles. The first-order valence-corrected chi connectivity index (χ1v) is 7.58. The molecule has 1 saturated carbocycles. The summed E-state index contributed by atoms with van der Waals surface area (Å²) in [5.41, 5.74) is 0. The minimum absolute atomic E-state index is 0.597. The molecule has 2 aliphatic rings. The Kier molecular flexibility index (Phi) is 2.41. The van der Waals surface area contributed by atoms with Gasteiger partial charge in [-0.1, -0.05) is 11.3 Å². The maximum Gasteiger partial charge on any atom is 0.234 e. The summed E-state index contributed by atoms with van der Waals surface area (Å²) >= 11 is 1.72. The monoisotopic (exact) mass is 263 g/mol. The highest BCUT2D eigenvalue weighted by molar-refractivity contribution is 7.16. The van der Waals surface area contributed by atoms with Crippen molar-refractivity contribution in [2.45, 2.75) is 50.5 Å². The first-order valence-electron chi connectivity index (χ1n) is 6.76. The molecule has 1 saturated heterocycles. The normalized spacial score (nSPS) is 28.9. The molecule has 96 valence electrons. The van der Waals surface area contributed by atoms with E-state index in [9.17, 15) is 0 Å². The molecule has 0 bridgehead atoms. The Labute approximate surface area is 110 Å². The van der Waals surface area contributed by atoms with E-state index in [1.54, 1.807) is 11.3 Å². The predicted molar refractivity (Wildman–Crippen MR) is 70.1 cm³/mol. The van der Waals surface area contributed by atoms with E-state index in [4.69, 9.17) is 5.10 Å². The van der Waals surface area contributed by atoms with Crippen molar-refractivity contribution >= 4 is 16.3 Å². The van der Waals surface area contributed by atoms with Crippen LogP contribution in [0, 0.1) is 0 Å². The summed E-state index contributed by atoms with van der Waals surface area (Å²) in [5.74, 6) is 2.29. The molecule has 0 spiro atoms. The maximum absolute atomic E-state index is 4.77. The molecule has 2 fully saturated rings. The minimum atomic E-state index is 0.597. The number of rotatable bonds is 2. The van der Waals surface area contributed by atoms with Crippen LogP contribution in [0.25, 0.3) is 4.96 Å². The second-order valence-corrected chi connectivity index (χ2v) is 6.53. The Balaban J connectivity index is 1.68. The second kappa shape index (κ2) is 3.99. The van der Waals surface area contributed by atoms with Gasteiger partial charge in [0.05, 0.1) is 0 Å². The first-order chi connectivity index (χ1) is 8.81. The van der Waals surface area contributed by atoms with Gasteiger partial charge in [-0.25, -0.2) is 0 Å². The number of fused-ring (bicyclic) bond motifs is 1. The van der Waals surface area contributed by atoms with Crippen LogP contribution in [0.4, 0.5) is 0 Å². The molecule has 4 rings (SSSR count). The molecule has 0 radical (unpaired) electrons. The number of nitrogens with one attached hydrogen (secondary N) is 1. The van der Waals surface area contributed by atoms with E-state index in [0.717, 1.165) is 17.3 Å². The molecular weight excluding hydrogens is 246 g/mol. The van der Waals surface area contributed by atoms with Gasteiger partial charge in [0, 0.05) is 17.9 Å². The van der Waals surface area contributed by atoms with Gasteiger partial charge in [0.2, 0.25) is 4.96 Å². The smallest absolute Gasteiger partial charge is 0.234 e. The van der Waals surface area contributed by atoms with Gasteiger partial charge >= 0.3 is 0 Å². The van der Waals surface area contributed by atoms with E-state index in [1.165, 1.54) is 30.7 Å². The number of piperidine rings is 1. The summed E-state index contributed by atoms with van der Waals surface area (Å²) in [5, 5.41) is 18.0. The lowest BCUT2D eigenvalue weighted by Crippen LogP contribution is -2.34. The van der Waals surface area contributed by atoms with Gasteiger partial charge in [-0.15, -0.1) is 10.2 Å². The van der Waals surface area contributed by atoms with Crippen LogP contribution >= 0.6 is 11.3 Å². The van der Waals surface area contributed by atoms with E-state index in [0.29, 0.717) is 17.9 Å². The van der Waals surface area contributed by atoms with Crippen LogP contribution in [0.15, 0.2) is 0 Å². The fourth-order valence-corrected chi connectivity index (χ4v) is 3.76. The third kappa shape index (κ3) is 1.75. The Morgan fingerprint density at radius 2 is 2.11 bits per heavy atom. The lowest BCUT2D eigenvalue weighted by Gasteiger charge is -2.26. The lowest BCUT2D eigenvalue weighted by molar-refractivity contribution is 0.379. The molecule has 0 aromatic carbocycles. The standard InChI is InChI=1S/C12H17N5S/c1-7-6-9(4-5-13-7)11-16-17-10(8-2-3-8)14-15-12(17)18-11/h7-9,13H,2-6H2,1H3. The number of aromatic nitrogens is 4. The number of hydrogen-bond donors (Lipinski definition) is 1. The SMILES string of the molecule is CC1CC(c2nn3c(C4CC4)nnc3s2)CCN1. The second-order valence-electron chi connectivity index (χ2n) is 5.54. The van der Waals surface area contributed by atoms with Gasteiger partial charge in [-0.2, -0.15) is 9.61 Å². The van der Waals surface area contributed by atoms with Crippen LogP contribution in [0.5, 0.6) is 0 Å². The van der Waals surface area contributed by atoms with Crippen LogP contribution in [0.2, 0.25) is 0 Å². The van der Waals surface area contributed by atoms with Gasteiger partial charge in [0.1, 0.15) is 5.01 Å². The summed E-state index contributed by atoms with van der Waals surface area (Å²) in [6, 6.07) is 0.598.